The molecule has 198 valence electrons. The summed E-state index contributed by atoms with van der Waals surface area (Å²) in [5.41, 5.74) is 3.14. The summed E-state index contributed by atoms with van der Waals surface area (Å²) in [6.07, 6.45) is 10.2. The van der Waals surface area contributed by atoms with Crippen LogP contribution < -0.4 is 10.1 Å². The second-order valence-electron chi connectivity index (χ2n) is 10.8. The smallest absolute Gasteiger partial charge is 0.255 e. The van der Waals surface area contributed by atoms with E-state index in [1.54, 1.807) is 18.2 Å². The first-order valence-corrected chi connectivity index (χ1v) is 13.8. The van der Waals surface area contributed by atoms with E-state index in [0.29, 0.717) is 28.1 Å². The van der Waals surface area contributed by atoms with Crippen molar-refractivity contribution in [3.8, 4) is 17.3 Å². The number of halogens is 1. The van der Waals surface area contributed by atoms with E-state index >= 15 is 0 Å². The first-order chi connectivity index (χ1) is 18.4. The molecule has 38 heavy (non-hydrogen) atoms. The topological polar surface area (TPSA) is 111 Å². The van der Waals surface area contributed by atoms with E-state index in [-0.39, 0.29) is 24.1 Å². The van der Waals surface area contributed by atoms with Crippen LogP contribution in [0.1, 0.15) is 74.6 Å². The lowest BCUT2D eigenvalue weighted by Crippen LogP contribution is -2.39. The third kappa shape index (κ3) is 5.25. The fourth-order valence-electron chi connectivity index (χ4n) is 5.36. The Labute approximate surface area is 226 Å². The van der Waals surface area contributed by atoms with Gasteiger partial charge in [-0.25, -0.2) is 9.97 Å². The fraction of sp³-hybridized carbons (Fsp3) is 0.464. The number of fused-ring (bicyclic) bond motifs is 1. The number of pyridine rings is 1. The monoisotopic (exact) mass is 533 g/mol. The van der Waals surface area contributed by atoms with Crippen molar-refractivity contribution in [1.82, 2.24) is 35.0 Å². The van der Waals surface area contributed by atoms with E-state index in [4.69, 9.17) is 21.3 Å². The van der Waals surface area contributed by atoms with E-state index in [2.05, 4.69) is 43.9 Å². The Morgan fingerprint density at radius 1 is 1.21 bits per heavy atom. The van der Waals surface area contributed by atoms with Gasteiger partial charge in [-0.2, -0.15) is 5.10 Å². The number of carbonyl (C=O) groups is 1. The largest absolute Gasteiger partial charge is 0.490 e. The molecule has 2 atom stereocenters. The summed E-state index contributed by atoms with van der Waals surface area (Å²) in [6, 6.07) is 7.57. The molecule has 1 aromatic carbocycles. The van der Waals surface area contributed by atoms with Crippen LogP contribution >= 0.6 is 11.6 Å². The quantitative estimate of drug-likeness (QED) is 0.308. The Balaban J connectivity index is 1.27. The first kappa shape index (κ1) is 24.9. The van der Waals surface area contributed by atoms with Gasteiger partial charge in [0.2, 0.25) is 0 Å². The van der Waals surface area contributed by atoms with Gasteiger partial charge in [0.1, 0.15) is 29.1 Å². The molecule has 4 aromatic rings. The summed E-state index contributed by atoms with van der Waals surface area (Å²) >= 11 is 6.25. The van der Waals surface area contributed by atoms with Gasteiger partial charge < -0.3 is 14.6 Å². The number of nitrogens with zero attached hydrogens (tertiary/aromatic N) is 5. The highest BCUT2D eigenvalue weighted by Crippen LogP contribution is 2.35. The van der Waals surface area contributed by atoms with E-state index in [0.717, 1.165) is 67.5 Å². The molecule has 2 aliphatic carbocycles. The van der Waals surface area contributed by atoms with Crippen molar-refractivity contribution in [3.63, 3.8) is 0 Å². The van der Waals surface area contributed by atoms with Crippen LogP contribution in [0.2, 0.25) is 5.02 Å². The Morgan fingerprint density at radius 2 is 2.08 bits per heavy atom. The minimum atomic E-state index is -0.136. The number of hydrogen-bond acceptors (Lipinski definition) is 6. The van der Waals surface area contributed by atoms with Crippen molar-refractivity contribution in [2.24, 2.45) is 5.92 Å². The van der Waals surface area contributed by atoms with Crippen LogP contribution in [0.3, 0.4) is 0 Å². The van der Waals surface area contributed by atoms with Gasteiger partial charge in [-0.3, -0.25) is 14.9 Å². The summed E-state index contributed by atoms with van der Waals surface area (Å²) in [6.45, 7) is 4.41. The SMILES string of the molecule is CC(C)Cc1nc2cnc(-c3ncn[nH]3)cc2n1[C@@H]1CCC[C@H](NC(=O)c2cc(Cl)ccc2OC2CC2)C1. The van der Waals surface area contributed by atoms with Crippen molar-refractivity contribution >= 4 is 28.5 Å². The van der Waals surface area contributed by atoms with E-state index in [1.165, 1.54) is 6.33 Å². The standard InChI is InChI=1S/C28H32ClN7O2/c1-16(2)10-26-34-23-14-30-22(27-31-15-32-35-27)13-24(23)36(26)19-5-3-4-18(12-19)33-28(37)21-11-17(29)6-9-25(21)38-20-7-8-20/h6,9,11,13-16,18-20H,3-5,7-8,10,12H2,1-2H3,(H,33,37)(H,31,32,35)/t18-,19+/m0/s1. The number of aromatic amines is 1. The molecule has 3 heterocycles. The summed E-state index contributed by atoms with van der Waals surface area (Å²) in [4.78, 5) is 27.2. The van der Waals surface area contributed by atoms with Gasteiger partial charge in [0.25, 0.3) is 5.91 Å². The maximum Gasteiger partial charge on any atom is 0.255 e. The lowest BCUT2D eigenvalue weighted by molar-refractivity contribution is 0.0916. The number of aromatic nitrogens is 6. The molecular weight excluding hydrogens is 502 g/mol. The molecule has 3 aromatic heterocycles. The summed E-state index contributed by atoms with van der Waals surface area (Å²) in [7, 11) is 0. The molecule has 0 spiro atoms. The van der Waals surface area contributed by atoms with Gasteiger partial charge in [-0.15, -0.1) is 0 Å². The molecule has 0 unspecified atom stereocenters. The maximum absolute atomic E-state index is 13.4. The molecule has 9 nitrogen and oxygen atoms in total. The highest BCUT2D eigenvalue weighted by atomic mass is 35.5. The number of amides is 1. The third-order valence-electron chi connectivity index (χ3n) is 7.25. The average Bonchev–Trinajstić information content (AvgIpc) is 3.40. The Kier molecular flexibility index (Phi) is 6.78. The van der Waals surface area contributed by atoms with Crippen LogP contribution in [0.15, 0.2) is 36.8 Å². The number of rotatable bonds is 8. The highest BCUT2D eigenvalue weighted by molar-refractivity contribution is 6.31. The molecule has 0 radical (unpaired) electrons. The van der Waals surface area contributed by atoms with Crippen LogP contribution in [0.4, 0.5) is 0 Å². The van der Waals surface area contributed by atoms with Gasteiger partial charge in [0.05, 0.1) is 23.4 Å². The average molecular weight is 534 g/mol. The van der Waals surface area contributed by atoms with Gasteiger partial charge >= 0.3 is 0 Å². The molecule has 10 heteroatoms. The number of nitrogens with one attached hydrogen (secondary N) is 2. The van der Waals surface area contributed by atoms with Gasteiger partial charge in [-0.1, -0.05) is 25.4 Å². The van der Waals surface area contributed by atoms with Crippen molar-refractivity contribution in [2.75, 3.05) is 0 Å². The molecule has 6 rings (SSSR count). The van der Waals surface area contributed by atoms with Crippen LogP contribution in [-0.4, -0.2) is 47.8 Å². The summed E-state index contributed by atoms with van der Waals surface area (Å²) in [5.74, 6) is 2.61. The zero-order valence-electron chi connectivity index (χ0n) is 21.7. The molecule has 2 aliphatic rings. The minimum Gasteiger partial charge on any atom is -0.490 e. The maximum atomic E-state index is 13.4. The summed E-state index contributed by atoms with van der Waals surface area (Å²) < 4.78 is 8.37. The zero-order valence-corrected chi connectivity index (χ0v) is 22.4. The molecule has 2 N–H and O–H groups in total. The van der Waals surface area contributed by atoms with Crippen LogP contribution in [0, 0.1) is 5.92 Å². The van der Waals surface area contributed by atoms with E-state index < -0.39 is 0 Å². The van der Waals surface area contributed by atoms with Gasteiger partial charge in [0.15, 0.2) is 5.82 Å². The van der Waals surface area contributed by atoms with Crippen LogP contribution in [0.25, 0.3) is 22.6 Å². The number of H-pyrrole nitrogens is 1. The Hall–Kier alpha value is -3.46. The van der Waals surface area contributed by atoms with Gasteiger partial charge in [-0.05, 0) is 68.7 Å². The predicted octanol–water partition coefficient (Wildman–Crippen LogP) is 5.52. The third-order valence-corrected chi connectivity index (χ3v) is 7.48. The normalized spacial score (nSPS) is 19.7. The zero-order chi connectivity index (χ0) is 26.2. The second kappa shape index (κ2) is 10.4. The molecule has 0 aliphatic heterocycles. The second-order valence-corrected chi connectivity index (χ2v) is 11.3. The highest BCUT2D eigenvalue weighted by Gasteiger charge is 2.30. The fourth-order valence-corrected chi connectivity index (χ4v) is 5.54. The number of imidazole rings is 1. The predicted molar refractivity (Wildman–Crippen MR) is 145 cm³/mol. The molecule has 2 fully saturated rings. The first-order valence-electron chi connectivity index (χ1n) is 13.4. The molecule has 1 amide bonds. The van der Waals surface area contributed by atoms with E-state index in [1.807, 2.05) is 12.3 Å². The van der Waals surface area contributed by atoms with Crippen molar-refractivity contribution in [1.29, 1.82) is 0 Å². The summed E-state index contributed by atoms with van der Waals surface area (Å²) in [5, 5.41) is 10.7. The lowest BCUT2D eigenvalue weighted by atomic mass is 9.90. The van der Waals surface area contributed by atoms with E-state index in [9.17, 15) is 4.79 Å². The molecule has 0 saturated heterocycles. The molecule has 0 bridgehead atoms. The van der Waals surface area contributed by atoms with Gasteiger partial charge in [0, 0.05) is 23.5 Å². The van der Waals surface area contributed by atoms with Crippen molar-refractivity contribution < 1.29 is 9.53 Å². The molecule has 2 saturated carbocycles. The molecular formula is C28H32ClN7O2. The van der Waals surface area contributed by atoms with Crippen molar-refractivity contribution in [2.45, 2.75) is 77.0 Å². The van der Waals surface area contributed by atoms with Crippen LogP contribution in [0.5, 0.6) is 5.75 Å². The minimum absolute atomic E-state index is 0.0361. The van der Waals surface area contributed by atoms with Crippen molar-refractivity contribution in [3.05, 3.63) is 53.2 Å². The van der Waals surface area contributed by atoms with Crippen LogP contribution in [-0.2, 0) is 6.42 Å². The Morgan fingerprint density at radius 3 is 2.84 bits per heavy atom. The number of carbonyl (C=O) groups excluding carboxylic acids is 1. The lowest BCUT2D eigenvalue weighted by Gasteiger charge is -2.32. The number of ether oxygens (including phenoxy) is 1. The number of hydrogen-bond donors (Lipinski definition) is 2. The Bertz CT molecular complexity index is 1450. The number of benzene rings is 1.